The van der Waals surface area contributed by atoms with Crippen molar-refractivity contribution in [2.45, 2.75) is 52.1 Å². The molecule has 0 radical (unpaired) electrons. The Morgan fingerprint density at radius 1 is 0.392 bits per heavy atom. The van der Waals surface area contributed by atoms with Crippen LogP contribution in [0, 0.1) is 0 Å². The van der Waals surface area contributed by atoms with Crippen molar-refractivity contribution in [2.24, 2.45) is 0 Å². The number of carboxylic acid groups (broad SMARTS) is 1. The molecule has 0 heterocycles. The van der Waals surface area contributed by atoms with Gasteiger partial charge in [0.15, 0.2) is 0 Å². The summed E-state index contributed by atoms with van der Waals surface area (Å²) in [6, 6.07) is 0. The van der Waals surface area contributed by atoms with Gasteiger partial charge in [-0.05, 0) is 33.6 Å². The number of carbonyl (C=O) groups excluding carboxylic acids is 2. The summed E-state index contributed by atoms with van der Waals surface area (Å²) in [5.41, 5.74) is -0.519. The maximum Gasteiger partial charge on any atom is 0.332 e. The minimum absolute atomic E-state index is 0.0559. The van der Waals surface area contributed by atoms with Crippen LogP contribution in [-0.4, -0.2) is 181 Å². The molecule has 0 spiro atoms. The van der Waals surface area contributed by atoms with E-state index in [4.69, 9.17) is 66.7 Å². The van der Waals surface area contributed by atoms with E-state index in [-0.39, 0.29) is 38.6 Å². The number of carboxylic acids is 1. The molecule has 1 N–H and O–H groups in total. The lowest BCUT2D eigenvalue weighted by molar-refractivity contribution is -0.160. The van der Waals surface area contributed by atoms with Gasteiger partial charge < -0.3 is 66.7 Å². The van der Waals surface area contributed by atoms with Crippen molar-refractivity contribution in [3.63, 3.8) is 0 Å². The van der Waals surface area contributed by atoms with E-state index in [1.807, 2.05) is 20.8 Å². The maximum absolute atomic E-state index is 11.5. The van der Waals surface area contributed by atoms with E-state index < -0.39 is 17.5 Å². The molecule has 0 saturated heterocycles. The summed E-state index contributed by atoms with van der Waals surface area (Å²) in [5.74, 6) is -1.61. The van der Waals surface area contributed by atoms with Crippen molar-refractivity contribution in [1.29, 1.82) is 0 Å². The zero-order valence-corrected chi connectivity index (χ0v) is 31.1. The second-order valence-corrected chi connectivity index (χ2v) is 11.6. The molecule has 0 aliphatic carbocycles. The number of rotatable bonds is 40. The Balaban J connectivity index is 3.14. The summed E-state index contributed by atoms with van der Waals surface area (Å²) in [6.45, 7) is 14.6. The van der Waals surface area contributed by atoms with Gasteiger partial charge in [-0.1, -0.05) is 0 Å². The zero-order valence-electron chi connectivity index (χ0n) is 31.1. The fourth-order valence-electron chi connectivity index (χ4n) is 3.56. The van der Waals surface area contributed by atoms with Crippen molar-refractivity contribution in [3.05, 3.63) is 0 Å². The third-order valence-corrected chi connectivity index (χ3v) is 5.87. The monoisotopic (exact) mass is 744 g/mol. The molecular weight excluding hydrogens is 680 g/mol. The maximum atomic E-state index is 11.5. The fourth-order valence-corrected chi connectivity index (χ4v) is 3.56. The third-order valence-electron chi connectivity index (χ3n) is 5.87. The predicted molar refractivity (Wildman–Crippen MR) is 182 cm³/mol. The molecule has 0 bridgehead atoms. The Morgan fingerprint density at radius 2 is 0.667 bits per heavy atom. The predicted octanol–water partition coefficient (Wildman–Crippen LogP) is 1.70. The van der Waals surface area contributed by atoms with E-state index in [1.165, 1.54) is 0 Å². The van der Waals surface area contributed by atoms with Gasteiger partial charge in [0, 0.05) is 12.8 Å². The number of aliphatic carboxylic acids is 1. The SMILES string of the molecule is CC(C)(C)OC(=O)COCCOCCOCCOCCOCCOCCOCCOCCOCCOCCOCCOC(=O)CCCCC(=O)O. The second kappa shape index (κ2) is 37.7. The molecule has 0 aromatic heterocycles. The lowest BCUT2D eigenvalue weighted by atomic mass is 10.2. The topological polar surface area (TPSA) is 191 Å². The summed E-state index contributed by atoms with van der Waals surface area (Å²) in [6.07, 6.45) is 1.22. The van der Waals surface area contributed by atoms with Gasteiger partial charge in [0.1, 0.15) is 18.8 Å². The van der Waals surface area contributed by atoms with Crippen molar-refractivity contribution in [1.82, 2.24) is 0 Å². The van der Waals surface area contributed by atoms with E-state index in [1.54, 1.807) is 0 Å². The molecule has 0 amide bonds. The zero-order chi connectivity index (χ0) is 37.5. The first kappa shape index (κ1) is 49.0. The first-order valence-electron chi connectivity index (χ1n) is 17.6. The quantitative estimate of drug-likeness (QED) is 0.0704. The first-order valence-corrected chi connectivity index (χ1v) is 17.6. The molecule has 0 aromatic carbocycles. The minimum atomic E-state index is -0.867. The van der Waals surface area contributed by atoms with Crippen LogP contribution < -0.4 is 0 Å². The van der Waals surface area contributed by atoms with Crippen LogP contribution >= 0.6 is 0 Å². The van der Waals surface area contributed by atoms with E-state index in [9.17, 15) is 14.4 Å². The van der Waals surface area contributed by atoms with Crippen LogP contribution in [0.5, 0.6) is 0 Å². The van der Waals surface area contributed by atoms with Crippen LogP contribution in [0.4, 0.5) is 0 Å². The fraction of sp³-hybridized carbons (Fsp3) is 0.912. The lowest BCUT2D eigenvalue weighted by Gasteiger charge is -2.19. The van der Waals surface area contributed by atoms with Crippen LogP contribution in [0.25, 0.3) is 0 Å². The Hall–Kier alpha value is -2.03. The van der Waals surface area contributed by atoms with Gasteiger partial charge in [0.2, 0.25) is 0 Å². The molecule has 17 nitrogen and oxygen atoms in total. The van der Waals surface area contributed by atoms with E-state index in [0.717, 1.165) is 0 Å². The van der Waals surface area contributed by atoms with Gasteiger partial charge in [-0.15, -0.1) is 0 Å². The molecule has 0 saturated carbocycles. The molecule has 0 aliphatic rings. The second-order valence-electron chi connectivity index (χ2n) is 11.6. The number of hydrogen-bond acceptors (Lipinski definition) is 16. The van der Waals surface area contributed by atoms with Gasteiger partial charge in [-0.25, -0.2) is 4.79 Å². The highest BCUT2D eigenvalue weighted by Gasteiger charge is 2.15. The van der Waals surface area contributed by atoms with Gasteiger partial charge in [-0.3, -0.25) is 9.59 Å². The molecule has 0 unspecified atom stereocenters. The molecular formula is C34H64O17. The summed E-state index contributed by atoms with van der Waals surface area (Å²) in [4.78, 5) is 33.4. The van der Waals surface area contributed by atoms with Crippen LogP contribution in [0.15, 0.2) is 0 Å². The van der Waals surface area contributed by atoms with Gasteiger partial charge in [-0.2, -0.15) is 0 Å². The molecule has 0 fully saturated rings. The van der Waals surface area contributed by atoms with Gasteiger partial charge >= 0.3 is 17.9 Å². The standard InChI is InChI=1S/C34H64O17/c1-34(2,3)51-33(38)30-49-27-26-47-23-22-45-19-18-43-15-14-41-11-10-39-8-9-40-12-13-42-16-17-44-20-21-46-24-25-48-28-29-50-32(37)7-5-4-6-31(35)36/h4-30H2,1-3H3,(H,35,36). The number of hydrogen-bond donors (Lipinski definition) is 1. The Morgan fingerprint density at radius 3 is 0.961 bits per heavy atom. The molecule has 0 aromatic rings. The molecule has 0 atom stereocenters. The Kier molecular flexibility index (Phi) is 36.2. The van der Waals surface area contributed by atoms with Crippen LogP contribution in [-0.2, 0) is 76.0 Å². The van der Waals surface area contributed by atoms with E-state index in [2.05, 4.69) is 0 Å². The summed E-state index contributed by atoms with van der Waals surface area (Å²) in [5, 5.41) is 8.55. The average molecular weight is 745 g/mol. The van der Waals surface area contributed by atoms with Crippen molar-refractivity contribution < 1.29 is 81.1 Å². The average Bonchev–Trinajstić information content (AvgIpc) is 3.07. The number of unbranched alkanes of at least 4 members (excludes halogenated alkanes) is 1. The lowest BCUT2D eigenvalue weighted by Crippen LogP contribution is -2.27. The minimum Gasteiger partial charge on any atom is -0.481 e. The Bertz CT molecular complexity index is 793. The molecule has 0 aliphatic heterocycles. The van der Waals surface area contributed by atoms with E-state index in [0.29, 0.717) is 145 Å². The normalized spacial score (nSPS) is 11.6. The smallest absolute Gasteiger partial charge is 0.332 e. The highest BCUT2D eigenvalue weighted by molar-refractivity contribution is 5.71. The largest absolute Gasteiger partial charge is 0.481 e. The van der Waals surface area contributed by atoms with Crippen LogP contribution in [0.1, 0.15) is 46.5 Å². The van der Waals surface area contributed by atoms with Crippen LogP contribution in [0.2, 0.25) is 0 Å². The van der Waals surface area contributed by atoms with Crippen LogP contribution in [0.3, 0.4) is 0 Å². The Labute approximate surface area is 303 Å². The highest BCUT2D eigenvalue weighted by Crippen LogP contribution is 2.06. The molecule has 302 valence electrons. The summed E-state index contributed by atoms with van der Waals surface area (Å²) < 4.78 is 69.6. The summed E-state index contributed by atoms with van der Waals surface area (Å²) in [7, 11) is 0. The van der Waals surface area contributed by atoms with Gasteiger partial charge in [0.25, 0.3) is 0 Å². The molecule has 0 rings (SSSR count). The van der Waals surface area contributed by atoms with Crippen molar-refractivity contribution in [3.8, 4) is 0 Å². The first-order chi connectivity index (χ1) is 24.7. The van der Waals surface area contributed by atoms with E-state index >= 15 is 0 Å². The molecule has 51 heavy (non-hydrogen) atoms. The number of esters is 2. The number of ether oxygens (including phenoxy) is 13. The number of carbonyl (C=O) groups is 3. The molecule has 17 heteroatoms. The van der Waals surface area contributed by atoms with Crippen molar-refractivity contribution >= 4 is 17.9 Å². The van der Waals surface area contributed by atoms with Crippen molar-refractivity contribution in [2.75, 3.05) is 152 Å². The van der Waals surface area contributed by atoms with Gasteiger partial charge in [0.05, 0.1) is 139 Å². The highest BCUT2D eigenvalue weighted by atomic mass is 16.6. The summed E-state index contributed by atoms with van der Waals surface area (Å²) >= 11 is 0. The third kappa shape index (κ3) is 44.1.